The summed E-state index contributed by atoms with van der Waals surface area (Å²) in [4.78, 5) is 0.215. The third kappa shape index (κ3) is 4.38. The number of aryl methyl sites for hydroxylation is 1. The Kier molecular flexibility index (Phi) is 5.55. The molecule has 0 spiro atoms. The zero-order valence-corrected chi connectivity index (χ0v) is 16.3. The quantitative estimate of drug-likeness (QED) is 0.646. The third-order valence-corrected chi connectivity index (χ3v) is 5.99. The Morgan fingerprint density at radius 2 is 1.73 bits per heavy atom. The minimum absolute atomic E-state index is 0.215. The molecule has 0 fully saturated rings. The molecule has 0 bridgehead atoms. The van der Waals surface area contributed by atoms with E-state index >= 15 is 0 Å². The highest BCUT2D eigenvalue weighted by Gasteiger charge is 2.15. The molecule has 0 radical (unpaired) electrons. The Morgan fingerprint density at radius 1 is 1.04 bits per heavy atom. The van der Waals surface area contributed by atoms with Gasteiger partial charge in [0.15, 0.2) is 0 Å². The summed E-state index contributed by atoms with van der Waals surface area (Å²) >= 11 is 11.9. The van der Waals surface area contributed by atoms with Crippen LogP contribution in [-0.4, -0.2) is 18.2 Å². The molecule has 0 saturated carbocycles. The molecule has 136 valence electrons. The lowest BCUT2D eigenvalue weighted by atomic mass is 10.2. The van der Waals surface area contributed by atoms with Crippen molar-refractivity contribution in [3.8, 4) is 0 Å². The first-order chi connectivity index (χ1) is 12.4. The van der Waals surface area contributed by atoms with Crippen molar-refractivity contribution in [3.05, 3.63) is 76.0 Å². The van der Waals surface area contributed by atoms with Crippen LogP contribution in [-0.2, 0) is 23.0 Å². The van der Waals surface area contributed by atoms with Crippen molar-refractivity contribution in [2.24, 2.45) is 0 Å². The van der Waals surface area contributed by atoms with Crippen LogP contribution < -0.4 is 4.72 Å². The molecule has 2 aromatic carbocycles. The molecule has 5 nitrogen and oxygen atoms in total. The summed E-state index contributed by atoms with van der Waals surface area (Å²) in [7, 11) is -3.65. The summed E-state index contributed by atoms with van der Waals surface area (Å²) < 4.78 is 29.1. The van der Waals surface area contributed by atoms with Gasteiger partial charge in [-0.3, -0.25) is 9.40 Å². The average Bonchev–Trinajstić information content (AvgIpc) is 3.04. The normalized spacial score (nSPS) is 11.5. The highest BCUT2D eigenvalue weighted by atomic mass is 35.5. The Bertz CT molecular complexity index is 1020. The van der Waals surface area contributed by atoms with Crippen LogP contribution in [0.4, 0.5) is 5.69 Å². The Balaban J connectivity index is 1.73. The van der Waals surface area contributed by atoms with Crippen molar-refractivity contribution >= 4 is 38.9 Å². The standard InChI is InChI=1S/C18H17Cl2N3O2S/c1-2-13-3-6-16(7-4-13)26(24,25)22-15-10-21-23(12-15)11-14-5-8-17(19)18(20)9-14/h3-10,12,22H,2,11H2,1H3. The van der Waals surface area contributed by atoms with Gasteiger partial charge in [-0.2, -0.15) is 5.10 Å². The summed E-state index contributed by atoms with van der Waals surface area (Å²) in [5, 5.41) is 5.13. The van der Waals surface area contributed by atoms with Gasteiger partial charge in [0, 0.05) is 6.20 Å². The maximum atomic E-state index is 12.5. The molecule has 3 rings (SSSR count). The van der Waals surface area contributed by atoms with Crippen LogP contribution in [0, 0.1) is 0 Å². The first-order valence-electron chi connectivity index (χ1n) is 7.95. The van der Waals surface area contributed by atoms with E-state index in [4.69, 9.17) is 23.2 Å². The number of hydrogen-bond acceptors (Lipinski definition) is 3. The van der Waals surface area contributed by atoms with Gasteiger partial charge in [-0.1, -0.05) is 48.3 Å². The van der Waals surface area contributed by atoms with E-state index in [-0.39, 0.29) is 4.90 Å². The van der Waals surface area contributed by atoms with Crippen LogP contribution >= 0.6 is 23.2 Å². The molecule has 0 aliphatic rings. The van der Waals surface area contributed by atoms with Crippen LogP contribution in [0.2, 0.25) is 10.0 Å². The lowest BCUT2D eigenvalue weighted by Gasteiger charge is -2.07. The monoisotopic (exact) mass is 409 g/mol. The lowest BCUT2D eigenvalue weighted by Crippen LogP contribution is -2.12. The number of aromatic nitrogens is 2. The predicted molar refractivity (Wildman–Crippen MR) is 104 cm³/mol. The highest BCUT2D eigenvalue weighted by Crippen LogP contribution is 2.23. The number of rotatable bonds is 6. The molecule has 0 atom stereocenters. The van der Waals surface area contributed by atoms with E-state index in [0.717, 1.165) is 17.5 Å². The van der Waals surface area contributed by atoms with Crippen LogP contribution in [0.3, 0.4) is 0 Å². The minimum atomic E-state index is -3.65. The number of sulfonamides is 1. The van der Waals surface area contributed by atoms with Crippen LogP contribution in [0.15, 0.2) is 59.8 Å². The second kappa shape index (κ2) is 7.70. The van der Waals surface area contributed by atoms with E-state index in [9.17, 15) is 8.42 Å². The van der Waals surface area contributed by atoms with Crippen molar-refractivity contribution in [3.63, 3.8) is 0 Å². The molecule has 0 saturated heterocycles. The molecule has 1 heterocycles. The van der Waals surface area contributed by atoms with E-state index < -0.39 is 10.0 Å². The fourth-order valence-corrected chi connectivity index (χ4v) is 3.79. The van der Waals surface area contributed by atoms with Crippen LogP contribution in [0.25, 0.3) is 0 Å². The molecule has 1 aromatic heterocycles. The molecule has 1 N–H and O–H groups in total. The summed E-state index contributed by atoms with van der Waals surface area (Å²) in [6.45, 7) is 2.47. The van der Waals surface area contributed by atoms with E-state index in [1.165, 1.54) is 6.20 Å². The van der Waals surface area contributed by atoms with Gasteiger partial charge in [-0.15, -0.1) is 0 Å². The number of nitrogens with zero attached hydrogens (tertiary/aromatic N) is 2. The zero-order chi connectivity index (χ0) is 18.7. The number of nitrogens with one attached hydrogen (secondary N) is 1. The second-order valence-electron chi connectivity index (χ2n) is 5.78. The maximum absolute atomic E-state index is 12.5. The lowest BCUT2D eigenvalue weighted by molar-refractivity contribution is 0.601. The summed E-state index contributed by atoms with van der Waals surface area (Å²) in [5.41, 5.74) is 2.38. The van der Waals surface area contributed by atoms with Gasteiger partial charge in [0.05, 0.1) is 33.4 Å². The SMILES string of the molecule is CCc1ccc(S(=O)(=O)Nc2cnn(Cc3ccc(Cl)c(Cl)c3)c2)cc1. The smallest absolute Gasteiger partial charge is 0.261 e. The van der Waals surface area contributed by atoms with Gasteiger partial charge in [-0.05, 0) is 41.8 Å². The van der Waals surface area contributed by atoms with E-state index in [1.54, 1.807) is 35.1 Å². The Hall–Kier alpha value is -2.02. The average molecular weight is 410 g/mol. The van der Waals surface area contributed by atoms with E-state index in [2.05, 4.69) is 9.82 Å². The molecule has 0 aliphatic heterocycles. The van der Waals surface area contributed by atoms with E-state index in [0.29, 0.717) is 22.3 Å². The molecular weight excluding hydrogens is 393 g/mol. The fraction of sp³-hybridized carbons (Fsp3) is 0.167. The molecular formula is C18H17Cl2N3O2S. The summed E-state index contributed by atoms with van der Waals surface area (Å²) in [6, 6.07) is 12.1. The number of halogens is 2. The highest BCUT2D eigenvalue weighted by molar-refractivity contribution is 7.92. The Morgan fingerprint density at radius 3 is 2.38 bits per heavy atom. The van der Waals surface area contributed by atoms with Crippen LogP contribution in [0.5, 0.6) is 0 Å². The number of benzene rings is 2. The van der Waals surface area contributed by atoms with Gasteiger partial charge < -0.3 is 0 Å². The van der Waals surface area contributed by atoms with Gasteiger partial charge >= 0.3 is 0 Å². The maximum Gasteiger partial charge on any atom is 0.261 e. The van der Waals surface area contributed by atoms with Crippen molar-refractivity contribution < 1.29 is 8.42 Å². The summed E-state index contributed by atoms with van der Waals surface area (Å²) in [6.07, 6.45) is 3.95. The number of hydrogen-bond donors (Lipinski definition) is 1. The molecule has 8 heteroatoms. The number of anilines is 1. The van der Waals surface area contributed by atoms with Gasteiger partial charge in [0.2, 0.25) is 0 Å². The fourth-order valence-electron chi connectivity index (χ4n) is 2.45. The summed E-state index contributed by atoms with van der Waals surface area (Å²) in [5.74, 6) is 0. The molecule has 0 unspecified atom stereocenters. The molecule has 0 aliphatic carbocycles. The topological polar surface area (TPSA) is 64.0 Å². The zero-order valence-electron chi connectivity index (χ0n) is 14.0. The van der Waals surface area contributed by atoms with Crippen molar-refractivity contribution in [1.82, 2.24) is 9.78 Å². The van der Waals surface area contributed by atoms with Gasteiger partial charge in [-0.25, -0.2) is 8.42 Å². The second-order valence-corrected chi connectivity index (χ2v) is 8.27. The first kappa shape index (κ1) is 18.8. The molecule has 0 amide bonds. The van der Waals surface area contributed by atoms with Crippen LogP contribution in [0.1, 0.15) is 18.1 Å². The third-order valence-electron chi connectivity index (χ3n) is 3.86. The minimum Gasteiger partial charge on any atom is -0.276 e. The van der Waals surface area contributed by atoms with Gasteiger partial charge in [0.1, 0.15) is 0 Å². The first-order valence-corrected chi connectivity index (χ1v) is 10.2. The van der Waals surface area contributed by atoms with E-state index in [1.807, 2.05) is 25.1 Å². The van der Waals surface area contributed by atoms with Gasteiger partial charge in [0.25, 0.3) is 10.0 Å². The predicted octanol–water partition coefficient (Wildman–Crippen LogP) is 4.60. The molecule has 3 aromatic rings. The van der Waals surface area contributed by atoms with Crippen molar-refractivity contribution in [2.75, 3.05) is 4.72 Å². The van der Waals surface area contributed by atoms with Crippen molar-refractivity contribution in [1.29, 1.82) is 0 Å². The Labute approximate surface area is 162 Å². The largest absolute Gasteiger partial charge is 0.276 e. The van der Waals surface area contributed by atoms with Crippen molar-refractivity contribution in [2.45, 2.75) is 24.8 Å². The molecule has 26 heavy (non-hydrogen) atoms.